The fourth-order valence-corrected chi connectivity index (χ4v) is 8.77. The number of benzene rings is 3. The number of aryl methyl sites for hydroxylation is 1. The van der Waals surface area contributed by atoms with Crippen LogP contribution in [-0.2, 0) is 15.8 Å². The zero-order chi connectivity index (χ0) is 28.9. The lowest BCUT2D eigenvalue weighted by Crippen LogP contribution is -2.48. The number of hydrazone groups is 1. The van der Waals surface area contributed by atoms with Gasteiger partial charge in [0.25, 0.3) is 5.91 Å². The number of aromatic nitrogens is 1. The van der Waals surface area contributed by atoms with Crippen molar-refractivity contribution in [3.05, 3.63) is 125 Å². The summed E-state index contributed by atoms with van der Waals surface area (Å²) in [5.74, 6) is 2.20. The maximum atomic E-state index is 13.4. The second kappa shape index (κ2) is 10.4. The van der Waals surface area contributed by atoms with E-state index < -0.39 is 11.5 Å². The van der Waals surface area contributed by atoms with E-state index in [2.05, 4.69) is 59.3 Å². The molecule has 42 heavy (non-hydrogen) atoms. The van der Waals surface area contributed by atoms with E-state index in [0.717, 1.165) is 40.4 Å². The first-order chi connectivity index (χ1) is 20.4. The van der Waals surface area contributed by atoms with Crippen LogP contribution in [0.15, 0.2) is 96.1 Å². The van der Waals surface area contributed by atoms with E-state index in [9.17, 15) is 9.90 Å². The Morgan fingerprint density at radius 2 is 1.38 bits per heavy atom. The Hall–Kier alpha value is -3.96. The van der Waals surface area contributed by atoms with E-state index in [-0.39, 0.29) is 0 Å². The summed E-state index contributed by atoms with van der Waals surface area (Å²) >= 11 is 0. The Morgan fingerprint density at radius 1 is 0.857 bits per heavy atom. The second-order valence-corrected chi connectivity index (χ2v) is 13.0. The van der Waals surface area contributed by atoms with Gasteiger partial charge in [-0.2, -0.15) is 5.10 Å². The third kappa shape index (κ3) is 4.51. The van der Waals surface area contributed by atoms with Gasteiger partial charge in [0.05, 0.1) is 6.21 Å². The van der Waals surface area contributed by atoms with E-state index in [1.165, 1.54) is 44.1 Å². The van der Waals surface area contributed by atoms with Crippen molar-refractivity contribution in [3.63, 3.8) is 0 Å². The van der Waals surface area contributed by atoms with Crippen LogP contribution in [0, 0.1) is 31.6 Å². The topological polar surface area (TPSA) is 66.6 Å². The molecule has 0 saturated heterocycles. The Morgan fingerprint density at radius 3 is 1.90 bits per heavy atom. The first-order valence-corrected chi connectivity index (χ1v) is 15.3. The highest BCUT2D eigenvalue weighted by atomic mass is 16.3. The van der Waals surface area contributed by atoms with Gasteiger partial charge in [-0.3, -0.25) is 4.79 Å². The molecule has 4 fully saturated rings. The van der Waals surface area contributed by atoms with E-state index in [1.807, 2.05) is 36.4 Å². The maximum Gasteiger partial charge on any atom is 0.281 e. The van der Waals surface area contributed by atoms with Gasteiger partial charge in [-0.05, 0) is 110 Å². The Kier molecular flexibility index (Phi) is 6.66. The highest BCUT2D eigenvalue weighted by Crippen LogP contribution is 2.60. The van der Waals surface area contributed by atoms with Crippen molar-refractivity contribution in [2.45, 2.75) is 63.4 Å². The lowest BCUT2D eigenvalue weighted by Gasteiger charge is -2.57. The van der Waals surface area contributed by atoms with Crippen molar-refractivity contribution in [3.8, 4) is 5.69 Å². The van der Waals surface area contributed by atoms with Crippen molar-refractivity contribution in [1.29, 1.82) is 0 Å². The molecule has 0 unspecified atom stereocenters. The summed E-state index contributed by atoms with van der Waals surface area (Å²) < 4.78 is 2.25. The van der Waals surface area contributed by atoms with Gasteiger partial charge >= 0.3 is 0 Å². The lowest BCUT2D eigenvalue weighted by atomic mass is 9.48. The molecule has 0 radical (unpaired) electrons. The highest BCUT2D eigenvalue weighted by molar-refractivity contribution is 5.91. The summed E-state index contributed by atoms with van der Waals surface area (Å²) in [4.78, 5) is 13.4. The van der Waals surface area contributed by atoms with Crippen molar-refractivity contribution >= 4 is 12.1 Å². The van der Waals surface area contributed by atoms with Crippen molar-refractivity contribution in [2.24, 2.45) is 22.9 Å². The van der Waals surface area contributed by atoms with Crippen LogP contribution in [0.1, 0.15) is 72.2 Å². The Balaban J connectivity index is 1.11. The van der Waals surface area contributed by atoms with Crippen LogP contribution in [0.4, 0.5) is 0 Å². The van der Waals surface area contributed by atoms with E-state index in [0.29, 0.717) is 16.5 Å². The molecule has 3 aromatic carbocycles. The van der Waals surface area contributed by atoms with Gasteiger partial charge in [-0.1, -0.05) is 72.8 Å². The molecule has 2 N–H and O–H groups in total. The Bertz CT molecular complexity index is 1540. The summed E-state index contributed by atoms with van der Waals surface area (Å²) in [5.41, 5.74) is 7.85. The average molecular weight is 558 g/mol. The molecule has 0 atom stereocenters. The SMILES string of the molecule is Cc1cc(C=NNC(=O)C(O)(c2ccccc2)c2ccccc2)c(C)n1-c1ccc(C23CC4CC(CC(C4)C2)C3)cc1. The molecule has 4 bridgehead atoms. The zero-order valence-corrected chi connectivity index (χ0v) is 24.5. The largest absolute Gasteiger partial charge is 0.372 e. The number of carbonyl (C=O) groups excluding carboxylic acids is 1. The predicted molar refractivity (Wildman–Crippen MR) is 167 cm³/mol. The van der Waals surface area contributed by atoms with Gasteiger partial charge < -0.3 is 9.67 Å². The maximum absolute atomic E-state index is 13.4. The Labute approximate surface area is 248 Å². The van der Waals surface area contributed by atoms with Crippen molar-refractivity contribution < 1.29 is 9.90 Å². The van der Waals surface area contributed by atoms with Gasteiger partial charge in [-0.25, -0.2) is 5.43 Å². The van der Waals surface area contributed by atoms with Crippen LogP contribution in [0.3, 0.4) is 0 Å². The molecule has 1 heterocycles. The zero-order valence-electron chi connectivity index (χ0n) is 24.5. The quantitative estimate of drug-likeness (QED) is 0.191. The normalized spacial score (nSPS) is 24.8. The van der Waals surface area contributed by atoms with Gasteiger partial charge in [0.2, 0.25) is 0 Å². The standard InChI is InChI=1S/C37H39N3O2/c1-25-17-30(24-38-39-35(41)37(42,32-9-5-3-6-10-32)33-11-7-4-8-12-33)26(2)40(25)34-15-13-31(14-16-34)36-21-27-18-28(22-36)20-29(19-27)23-36/h3-17,24,27-29,42H,18-23H2,1-2H3,(H,39,41). The molecule has 214 valence electrons. The predicted octanol–water partition coefficient (Wildman–Crippen LogP) is 6.95. The molecule has 8 rings (SSSR count). The summed E-state index contributed by atoms with van der Waals surface area (Å²) in [7, 11) is 0. The van der Waals surface area contributed by atoms with Crippen LogP contribution in [-0.4, -0.2) is 21.8 Å². The molecular formula is C37H39N3O2. The number of hydrogen-bond acceptors (Lipinski definition) is 3. The van der Waals surface area contributed by atoms with Crippen molar-refractivity contribution in [1.82, 2.24) is 9.99 Å². The number of hydrogen-bond donors (Lipinski definition) is 2. The number of nitrogens with zero attached hydrogens (tertiary/aromatic N) is 2. The van der Waals surface area contributed by atoms with E-state index in [1.54, 1.807) is 30.5 Å². The summed E-state index contributed by atoms with van der Waals surface area (Å²) in [6, 6.07) is 29.3. The molecule has 4 aliphatic rings. The number of carbonyl (C=O) groups is 1. The molecule has 4 aromatic rings. The van der Waals surface area contributed by atoms with Crippen LogP contribution in [0.2, 0.25) is 0 Å². The van der Waals surface area contributed by atoms with Gasteiger partial charge in [0.1, 0.15) is 0 Å². The average Bonchev–Trinajstić information content (AvgIpc) is 3.29. The number of amides is 1. The smallest absolute Gasteiger partial charge is 0.281 e. The second-order valence-electron chi connectivity index (χ2n) is 13.0. The van der Waals surface area contributed by atoms with Crippen molar-refractivity contribution in [2.75, 3.05) is 0 Å². The molecule has 0 spiro atoms. The third-order valence-corrected chi connectivity index (χ3v) is 10.3. The van der Waals surface area contributed by atoms with Crippen LogP contribution in [0.5, 0.6) is 0 Å². The summed E-state index contributed by atoms with van der Waals surface area (Å²) in [5, 5.41) is 16.0. The molecule has 1 aromatic heterocycles. The molecule has 5 nitrogen and oxygen atoms in total. The number of nitrogens with one attached hydrogen (secondary N) is 1. The first kappa shape index (κ1) is 26.9. The fourth-order valence-electron chi connectivity index (χ4n) is 8.77. The number of aliphatic hydroxyl groups is 1. The third-order valence-electron chi connectivity index (χ3n) is 10.3. The molecule has 0 aliphatic heterocycles. The number of rotatable bonds is 7. The fraction of sp³-hybridized carbons (Fsp3) is 0.351. The minimum Gasteiger partial charge on any atom is -0.372 e. The van der Waals surface area contributed by atoms with Crippen LogP contribution < -0.4 is 5.43 Å². The van der Waals surface area contributed by atoms with Crippen LogP contribution >= 0.6 is 0 Å². The van der Waals surface area contributed by atoms with Gasteiger partial charge in [-0.15, -0.1) is 0 Å². The monoisotopic (exact) mass is 557 g/mol. The first-order valence-electron chi connectivity index (χ1n) is 15.3. The van der Waals surface area contributed by atoms with E-state index in [4.69, 9.17) is 0 Å². The summed E-state index contributed by atoms with van der Waals surface area (Å²) in [6.45, 7) is 4.17. The van der Waals surface area contributed by atoms with E-state index >= 15 is 0 Å². The minimum atomic E-state index is -1.87. The molecule has 4 saturated carbocycles. The van der Waals surface area contributed by atoms with Gasteiger partial charge in [0.15, 0.2) is 5.60 Å². The molecule has 4 aliphatic carbocycles. The minimum absolute atomic E-state index is 0.394. The highest BCUT2D eigenvalue weighted by Gasteiger charge is 2.51. The molecule has 1 amide bonds. The molecule has 5 heteroatoms. The molecular weight excluding hydrogens is 518 g/mol. The van der Waals surface area contributed by atoms with Crippen LogP contribution in [0.25, 0.3) is 5.69 Å². The lowest BCUT2D eigenvalue weighted by molar-refractivity contribution is -0.136. The summed E-state index contributed by atoms with van der Waals surface area (Å²) in [6.07, 6.45) is 10.2. The van der Waals surface area contributed by atoms with Gasteiger partial charge in [0, 0.05) is 22.6 Å².